The van der Waals surface area contributed by atoms with Gasteiger partial charge >= 0.3 is 0 Å². The standard InChI is InChI=1S/C39H29N5/c40-25-29(17-11-14-27-12-3-1-4-13-27)43-34-20-9-7-18-31(34)38-36(43)24-37-39(42-38)32-19-8-10-21-35(32)44(37)30-22-23-33(41-26-30)28-15-5-2-6-16-28/h1-13,15-26H,14,40H2/b17-11-,29-25+. The summed E-state index contributed by atoms with van der Waals surface area (Å²) in [5.41, 5.74) is 17.5. The molecule has 0 aliphatic heterocycles. The Morgan fingerprint density at radius 3 is 2.05 bits per heavy atom. The molecule has 8 aromatic rings. The van der Waals surface area contributed by atoms with Crippen LogP contribution in [0.5, 0.6) is 0 Å². The molecule has 0 aliphatic rings. The van der Waals surface area contributed by atoms with E-state index >= 15 is 0 Å². The number of pyridine rings is 2. The minimum absolute atomic E-state index is 0.817. The van der Waals surface area contributed by atoms with Crippen molar-refractivity contribution in [1.82, 2.24) is 19.1 Å². The monoisotopic (exact) mass is 567 g/mol. The average molecular weight is 568 g/mol. The molecule has 0 spiro atoms. The zero-order valence-electron chi connectivity index (χ0n) is 24.0. The lowest BCUT2D eigenvalue weighted by Crippen LogP contribution is -1.99. The van der Waals surface area contributed by atoms with E-state index < -0.39 is 0 Å². The van der Waals surface area contributed by atoms with Gasteiger partial charge in [0.1, 0.15) is 0 Å². The Bertz CT molecular complexity index is 2340. The molecule has 210 valence electrons. The second kappa shape index (κ2) is 10.7. The molecule has 0 amide bonds. The highest BCUT2D eigenvalue weighted by Crippen LogP contribution is 2.37. The summed E-state index contributed by atoms with van der Waals surface area (Å²) < 4.78 is 4.48. The first-order valence-electron chi connectivity index (χ1n) is 14.8. The zero-order chi connectivity index (χ0) is 29.5. The minimum atomic E-state index is 0.817. The van der Waals surface area contributed by atoms with Crippen LogP contribution in [0.3, 0.4) is 0 Å². The number of hydrogen-bond acceptors (Lipinski definition) is 3. The Morgan fingerprint density at radius 2 is 1.32 bits per heavy atom. The summed E-state index contributed by atoms with van der Waals surface area (Å²) in [5, 5.41) is 2.19. The molecule has 8 rings (SSSR count). The van der Waals surface area contributed by atoms with Crippen molar-refractivity contribution in [1.29, 1.82) is 0 Å². The maximum Gasteiger partial charge on any atom is 0.0972 e. The van der Waals surface area contributed by atoms with Gasteiger partial charge in [-0.2, -0.15) is 0 Å². The highest BCUT2D eigenvalue weighted by molar-refractivity contribution is 6.15. The molecule has 0 saturated carbocycles. The molecule has 0 unspecified atom stereocenters. The van der Waals surface area contributed by atoms with Crippen LogP contribution in [0.15, 0.2) is 152 Å². The van der Waals surface area contributed by atoms with E-state index in [0.717, 1.165) is 72.9 Å². The highest BCUT2D eigenvalue weighted by atomic mass is 15.0. The number of aromatic nitrogens is 4. The van der Waals surface area contributed by atoms with Gasteiger partial charge in [0.2, 0.25) is 0 Å². The number of benzene rings is 4. The first kappa shape index (κ1) is 25.7. The number of fused-ring (bicyclic) bond motifs is 6. The minimum Gasteiger partial charge on any atom is -0.403 e. The molecule has 44 heavy (non-hydrogen) atoms. The van der Waals surface area contributed by atoms with Crippen molar-refractivity contribution in [2.45, 2.75) is 6.42 Å². The molecular formula is C39H29N5. The van der Waals surface area contributed by atoms with Crippen molar-refractivity contribution < 1.29 is 0 Å². The van der Waals surface area contributed by atoms with E-state index in [0.29, 0.717) is 0 Å². The predicted molar refractivity (Wildman–Crippen MR) is 183 cm³/mol. The number of hydrogen-bond donors (Lipinski definition) is 1. The van der Waals surface area contributed by atoms with E-state index in [2.05, 4.69) is 124 Å². The summed E-state index contributed by atoms with van der Waals surface area (Å²) >= 11 is 0. The van der Waals surface area contributed by atoms with Gasteiger partial charge in [0.25, 0.3) is 0 Å². The van der Waals surface area contributed by atoms with Gasteiger partial charge in [-0.1, -0.05) is 103 Å². The number of para-hydroxylation sites is 2. The Morgan fingerprint density at radius 1 is 0.659 bits per heavy atom. The Hall–Kier alpha value is -5.94. The van der Waals surface area contributed by atoms with Crippen molar-refractivity contribution in [2.24, 2.45) is 5.73 Å². The van der Waals surface area contributed by atoms with E-state index in [-0.39, 0.29) is 0 Å². The SMILES string of the molecule is N/C=C(\C=C/Cc1ccccc1)n1c2ccccc2c2nc3c4ccccc4n(-c4ccc(-c5ccccc5)nc4)c3cc21. The van der Waals surface area contributed by atoms with Gasteiger partial charge in [0, 0.05) is 22.5 Å². The fourth-order valence-corrected chi connectivity index (χ4v) is 6.22. The van der Waals surface area contributed by atoms with Crippen molar-refractivity contribution >= 4 is 49.6 Å². The molecule has 0 saturated heterocycles. The van der Waals surface area contributed by atoms with Gasteiger partial charge in [-0.3, -0.25) is 4.98 Å². The molecular weight excluding hydrogens is 538 g/mol. The van der Waals surface area contributed by atoms with Gasteiger partial charge in [0.05, 0.1) is 56.4 Å². The molecule has 5 heteroatoms. The first-order valence-corrected chi connectivity index (χ1v) is 14.8. The maximum atomic E-state index is 6.31. The van der Waals surface area contributed by atoms with Crippen LogP contribution in [0.4, 0.5) is 0 Å². The molecule has 4 aromatic heterocycles. The van der Waals surface area contributed by atoms with E-state index in [1.165, 1.54) is 5.56 Å². The molecule has 0 aliphatic carbocycles. The molecule has 0 bridgehead atoms. The van der Waals surface area contributed by atoms with Gasteiger partial charge < -0.3 is 14.9 Å². The average Bonchev–Trinajstić information content (AvgIpc) is 3.59. The summed E-state index contributed by atoms with van der Waals surface area (Å²) in [5.74, 6) is 0. The van der Waals surface area contributed by atoms with E-state index in [9.17, 15) is 0 Å². The maximum absolute atomic E-state index is 6.31. The number of nitrogens with two attached hydrogens (primary N) is 1. The van der Waals surface area contributed by atoms with E-state index in [1.54, 1.807) is 6.20 Å². The van der Waals surface area contributed by atoms with Crippen LogP contribution in [-0.2, 0) is 6.42 Å². The molecule has 0 radical (unpaired) electrons. The Kier molecular flexibility index (Phi) is 6.27. The first-order chi connectivity index (χ1) is 21.8. The number of rotatable bonds is 6. The van der Waals surface area contributed by atoms with Crippen molar-refractivity contribution in [3.05, 3.63) is 158 Å². The van der Waals surface area contributed by atoms with Crippen LogP contribution in [0.1, 0.15) is 5.56 Å². The largest absolute Gasteiger partial charge is 0.403 e. The second-order valence-electron chi connectivity index (χ2n) is 10.9. The molecule has 5 nitrogen and oxygen atoms in total. The highest BCUT2D eigenvalue weighted by Gasteiger charge is 2.19. The number of allylic oxidation sites excluding steroid dienone is 3. The summed E-state index contributed by atoms with van der Waals surface area (Å²) in [6.07, 6.45) is 8.71. The quantitative estimate of drug-likeness (QED) is 0.204. The third kappa shape index (κ3) is 4.26. The summed E-state index contributed by atoms with van der Waals surface area (Å²) in [6.45, 7) is 0. The van der Waals surface area contributed by atoms with Gasteiger partial charge in [-0.25, -0.2) is 4.98 Å². The third-order valence-electron chi connectivity index (χ3n) is 8.25. The van der Waals surface area contributed by atoms with E-state index in [1.807, 2.05) is 30.5 Å². The number of nitrogens with zero attached hydrogens (tertiary/aromatic N) is 4. The smallest absolute Gasteiger partial charge is 0.0972 e. The lowest BCUT2D eigenvalue weighted by Gasteiger charge is -2.10. The van der Waals surface area contributed by atoms with Gasteiger partial charge in [0.15, 0.2) is 0 Å². The fraction of sp³-hybridized carbons (Fsp3) is 0.0256. The van der Waals surface area contributed by atoms with E-state index in [4.69, 9.17) is 15.7 Å². The molecule has 4 heterocycles. The zero-order valence-corrected chi connectivity index (χ0v) is 24.0. The summed E-state index contributed by atoms with van der Waals surface area (Å²) in [7, 11) is 0. The van der Waals surface area contributed by atoms with Crippen molar-refractivity contribution in [3.8, 4) is 16.9 Å². The van der Waals surface area contributed by atoms with Gasteiger partial charge in [-0.05, 0) is 48.4 Å². The lowest BCUT2D eigenvalue weighted by molar-refractivity contribution is 1.14. The van der Waals surface area contributed by atoms with Crippen LogP contribution >= 0.6 is 0 Å². The molecule has 2 N–H and O–H groups in total. The summed E-state index contributed by atoms with van der Waals surface area (Å²) in [6, 6.07) is 44.0. The van der Waals surface area contributed by atoms with Gasteiger partial charge in [-0.15, -0.1) is 0 Å². The molecule has 0 atom stereocenters. The second-order valence-corrected chi connectivity index (χ2v) is 10.9. The molecule has 0 fully saturated rings. The lowest BCUT2D eigenvalue weighted by atomic mass is 10.1. The normalized spacial score (nSPS) is 12.3. The molecule has 4 aromatic carbocycles. The predicted octanol–water partition coefficient (Wildman–Crippen LogP) is 8.90. The topological polar surface area (TPSA) is 61.7 Å². The van der Waals surface area contributed by atoms with Crippen LogP contribution < -0.4 is 5.73 Å². The summed E-state index contributed by atoms with van der Waals surface area (Å²) in [4.78, 5) is 10.2. The third-order valence-corrected chi connectivity index (χ3v) is 8.25. The van der Waals surface area contributed by atoms with Crippen LogP contribution in [0.25, 0.3) is 66.5 Å². The fourth-order valence-electron chi connectivity index (χ4n) is 6.22. The van der Waals surface area contributed by atoms with Crippen LogP contribution in [-0.4, -0.2) is 19.1 Å². The van der Waals surface area contributed by atoms with Crippen LogP contribution in [0.2, 0.25) is 0 Å². The Balaban J connectivity index is 1.34. The van der Waals surface area contributed by atoms with Crippen LogP contribution in [0, 0.1) is 0 Å². The Labute approximate surface area is 254 Å². The van der Waals surface area contributed by atoms with Crippen molar-refractivity contribution in [2.75, 3.05) is 0 Å². The van der Waals surface area contributed by atoms with Crippen molar-refractivity contribution in [3.63, 3.8) is 0 Å².